The number of methoxy groups -OCH3 is 1. The zero-order chi connectivity index (χ0) is 20.7. The number of aryl methyl sites for hydroxylation is 1. The standard InChI is InChI=1S/C18H17BrN4O5/c1-10-17(19)14(8-27-2)13(6-20)18(22-10)28-9-16(26)23-21-7-11-3-4-12(24)5-15(11)25/h3-5,7,24-25H,8-9H2,1-2H3,(H,23,26)/b21-7+. The second-order valence-electron chi connectivity index (χ2n) is 5.54. The van der Waals surface area contributed by atoms with Gasteiger partial charge in [0.25, 0.3) is 5.91 Å². The van der Waals surface area contributed by atoms with Crippen LogP contribution in [-0.4, -0.2) is 41.0 Å². The normalized spacial score (nSPS) is 10.6. The Hall–Kier alpha value is -3.16. The molecule has 0 saturated carbocycles. The third kappa shape index (κ3) is 5.18. The molecule has 0 radical (unpaired) electrons. The number of hydrazone groups is 1. The Morgan fingerprint density at radius 1 is 1.46 bits per heavy atom. The van der Waals surface area contributed by atoms with E-state index in [1.54, 1.807) is 6.92 Å². The lowest BCUT2D eigenvalue weighted by Gasteiger charge is -2.13. The number of carbonyl (C=O) groups is 1. The highest BCUT2D eigenvalue weighted by atomic mass is 79.9. The fourth-order valence-electron chi connectivity index (χ4n) is 2.20. The number of aromatic nitrogens is 1. The summed E-state index contributed by atoms with van der Waals surface area (Å²) in [6.45, 7) is 1.48. The minimum absolute atomic E-state index is 0.0190. The fourth-order valence-corrected chi connectivity index (χ4v) is 2.60. The molecule has 0 aliphatic rings. The van der Waals surface area contributed by atoms with Crippen LogP contribution >= 0.6 is 15.9 Å². The Morgan fingerprint density at radius 2 is 2.21 bits per heavy atom. The molecule has 2 aromatic rings. The van der Waals surface area contributed by atoms with Crippen molar-refractivity contribution in [3.05, 3.63) is 45.1 Å². The summed E-state index contributed by atoms with van der Waals surface area (Å²) in [5.41, 5.74) is 3.87. The predicted molar refractivity (Wildman–Crippen MR) is 103 cm³/mol. The molecule has 0 spiro atoms. The summed E-state index contributed by atoms with van der Waals surface area (Å²) in [5.74, 6) is -0.849. The van der Waals surface area contributed by atoms with E-state index in [4.69, 9.17) is 9.47 Å². The van der Waals surface area contributed by atoms with Crippen LogP contribution in [0.2, 0.25) is 0 Å². The van der Waals surface area contributed by atoms with Crippen molar-refractivity contribution in [2.75, 3.05) is 13.7 Å². The van der Waals surface area contributed by atoms with Gasteiger partial charge in [-0.2, -0.15) is 10.4 Å². The maximum Gasteiger partial charge on any atom is 0.278 e. The molecule has 0 atom stereocenters. The first-order chi connectivity index (χ1) is 13.4. The van der Waals surface area contributed by atoms with Crippen LogP contribution in [0.15, 0.2) is 27.8 Å². The van der Waals surface area contributed by atoms with Crippen molar-refractivity contribution in [2.45, 2.75) is 13.5 Å². The number of aromatic hydroxyl groups is 2. The van der Waals surface area contributed by atoms with Crippen LogP contribution in [-0.2, 0) is 16.1 Å². The monoisotopic (exact) mass is 448 g/mol. The van der Waals surface area contributed by atoms with Crippen molar-refractivity contribution in [3.8, 4) is 23.4 Å². The lowest BCUT2D eigenvalue weighted by atomic mass is 10.1. The summed E-state index contributed by atoms with van der Waals surface area (Å²) in [7, 11) is 1.50. The summed E-state index contributed by atoms with van der Waals surface area (Å²) >= 11 is 3.37. The van der Waals surface area contributed by atoms with Gasteiger partial charge >= 0.3 is 0 Å². The molecule has 1 amide bonds. The van der Waals surface area contributed by atoms with Gasteiger partial charge < -0.3 is 19.7 Å². The molecule has 9 nitrogen and oxygen atoms in total. The van der Waals surface area contributed by atoms with Crippen LogP contribution in [0.1, 0.15) is 22.4 Å². The largest absolute Gasteiger partial charge is 0.508 e. The van der Waals surface area contributed by atoms with E-state index < -0.39 is 12.5 Å². The van der Waals surface area contributed by atoms with Gasteiger partial charge in [-0.15, -0.1) is 0 Å². The van der Waals surface area contributed by atoms with Crippen molar-refractivity contribution < 1.29 is 24.5 Å². The van der Waals surface area contributed by atoms with E-state index in [0.717, 1.165) is 6.07 Å². The number of pyridine rings is 1. The molecule has 0 fully saturated rings. The maximum atomic E-state index is 11.9. The van der Waals surface area contributed by atoms with Gasteiger partial charge in [0.05, 0.1) is 18.5 Å². The molecule has 1 heterocycles. The Morgan fingerprint density at radius 3 is 2.86 bits per heavy atom. The lowest BCUT2D eigenvalue weighted by molar-refractivity contribution is -0.123. The van der Waals surface area contributed by atoms with E-state index in [9.17, 15) is 20.3 Å². The first-order valence-electron chi connectivity index (χ1n) is 7.92. The van der Waals surface area contributed by atoms with E-state index >= 15 is 0 Å². The lowest BCUT2D eigenvalue weighted by Crippen LogP contribution is -2.25. The average Bonchev–Trinajstić information content (AvgIpc) is 2.66. The Kier molecular flexibility index (Phi) is 7.31. The highest BCUT2D eigenvalue weighted by Gasteiger charge is 2.18. The number of carbonyl (C=O) groups excluding carboxylic acids is 1. The topological polar surface area (TPSA) is 137 Å². The number of nitrogens with zero attached hydrogens (tertiary/aromatic N) is 3. The van der Waals surface area contributed by atoms with Crippen molar-refractivity contribution in [2.24, 2.45) is 5.10 Å². The predicted octanol–water partition coefficient (Wildman–Crippen LogP) is 2.11. The minimum Gasteiger partial charge on any atom is -0.508 e. The van der Waals surface area contributed by atoms with Gasteiger partial charge in [0.2, 0.25) is 5.88 Å². The maximum absolute atomic E-state index is 11.9. The SMILES string of the molecule is COCc1c(Br)c(C)nc(OCC(=O)N/N=C/c2ccc(O)cc2O)c1C#N. The van der Waals surface area contributed by atoms with Gasteiger partial charge in [-0.25, -0.2) is 10.4 Å². The Balaban J connectivity index is 2.04. The fraction of sp³-hybridized carbons (Fsp3) is 0.222. The van der Waals surface area contributed by atoms with Crippen LogP contribution in [0.25, 0.3) is 0 Å². The molecular weight excluding hydrogens is 432 g/mol. The zero-order valence-electron chi connectivity index (χ0n) is 15.1. The van der Waals surface area contributed by atoms with Gasteiger partial charge in [0.15, 0.2) is 6.61 Å². The Bertz CT molecular complexity index is 956. The van der Waals surface area contributed by atoms with E-state index in [1.165, 1.54) is 25.5 Å². The number of amides is 1. The number of nitrogens with one attached hydrogen (secondary N) is 1. The number of nitriles is 1. The first kappa shape index (κ1) is 21.1. The van der Waals surface area contributed by atoms with Crippen LogP contribution < -0.4 is 10.2 Å². The Labute approximate surface area is 169 Å². The number of hydrogen-bond donors (Lipinski definition) is 3. The van der Waals surface area contributed by atoms with Gasteiger partial charge in [0, 0.05) is 28.8 Å². The third-order valence-corrected chi connectivity index (χ3v) is 4.57. The summed E-state index contributed by atoms with van der Waals surface area (Å²) in [6.07, 6.45) is 1.21. The molecule has 3 N–H and O–H groups in total. The molecule has 0 unspecified atom stereocenters. The summed E-state index contributed by atoms with van der Waals surface area (Å²) in [5, 5.41) is 32.0. The number of phenols is 2. The third-order valence-electron chi connectivity index (χ3n) is 3.51. The molecule has 1 aromatic heterocycles. The van der Waals surface area contributed by atoms with Crippen LogP contribution in [0.4, 0.5) is 0 Å². The molecule has 0 bridgehead atoms. The number of hydrogen-bond acceptors (Lipinski definition) is 8. The van der Waals surface area contributed by atoms with Gasteiger partial charge in [0.1, 0.15) is 23.1 Å². The van der Waals surface area contributed by atoms with Gasteiger partial charge in [-0.05, 0) is 35.0 Å². The number of phenolic OH excluding ortho intramolecular Hbond substituents is 2. The summed E-state index contributed by atoms with van der Waals surface area (Å²) in [4.78, 5) is 16.1. The van der Waals surface area contributed by atoms with E-state index in [2.05, 4.69) is 31.4 Å². The second-order valence-corrected chi connectivity index (χ2v) is 6.33. The van der Waals surface area contributed by atoms with E-state index in [1.807, 2.05) is 6.07 Å². The van der Waals surface area contributed by atoms with Gasteiger partial charge in [-0.3, -0.25) is 4.79 Å². The first-order valence-corrected chi connectivity index (χ1v) is 8.71. The van der Waals surface area contributed by atoms with Crippen molar-refractivity contribution >= 4 is 28.1 Å². The van der Waals surface area contributed by atoms with Crippen LogP contribution in [0.5, 0.6) is 17.4 Å². The highest BCUT2D eigenvalue weighted by Crippen LogP contribution is 2.29. The molecule has 0 saturated heterocycles. The quantitative estimate of drug-likeness (QED) is 0.435. The number of benzene rings is 1. The molecule has 28 heavy (non-hydrogen) atoms. The van der Waals surface area contributed by atoms with Crippen molar-refractivity contribution in [1.82, 2.24) is 10.4 Å². The number of rotatable bonds is 7. The summed E-state index contributed by atoms with van der Waals surface area (Å²) in [6, 6.07) is 5.96. The van der Waals surface area contributed by atoms with Gasteiger partial charge in [-0.1, -0.05) is 0 Å². The summed E-state index contributed by atoms with van der Waals surface area (Å²) < 4.78 is 11.1. The average molecular weight is 449 g/mol. The van der Waals surface area contributed by atoms with Crippen LogP contribution in [0, 0.1) is 18.3 Å². The molecule has 1 aromatic carbocycles. The number of halogens is 1. The smallest absolute Gasteiger partial charge is 0.278 e. The van der Waals surface area contributed by atoms with E-state index in [-0.39, 0.29) is 29.5 Å². The number of ether oxygens (including phenoxy) is 2. The minimum atomic E-state index is -0.589. The molecule has 2 rings (SSSR count). The molecule has 0 aliphatic carbocycles. The second kappa shape index (κ2) is 9.68. The van der Waals surface area contributed by atoms with Crippen molar-refractivity contribution in [1.29, 1.82) is 5.26 Å². The zero-order valence-corrected chi connectivity index (χ0v) is 16.6. The molecule has 0 aliphatic heterocycles. The van der Waals surface area contributed by atoms with Crippen LogP contribution in [0.3, 0.4) is 0 Å². The van der Waals surface area contributed by atoms with Crippen molar-refractivity contribution in [3.63, 3.8) is 0 Å². The molecule has 10 heteroatoms. The molecular formula is C18H17BrN4O5. The van der Waals surface area contributed by atoms with E-state index in [0.29, 0.717) is 21.3 Å². The highest BCUT2D eigenvalue weighted by molar-refractivity contribution is 9.10. The molecule has 146 valence electrons.